The monoisotopic (exact) mass is 364 g/mol. The first-order chi connectivity index (χ1) is 12.6. The molecule has 1 aromatic carbocycles. The van der Waals surface area contributed by atoms with Gasteiger partial charge in [-0.1, -0.05) is 37.8 Å². The highest BCUT2D eigenvalue weighted by atomic mass is 16.5. The zero-order valence-electron chi connectivity index (χ0n) is 15.8. The van der Waals surface area contributed by atoms with Crippen LogP contribution in [0.1, 0.15) is 62.2 Å². The summed E-state index contributed by atoms with van der Waals surface area (Å²) in [6, 6.07) is 6.55. The minimum Gasteiger partial charge on any atom is -0.507 e. The molecule has 0 aliphatic rings. The molecule has 0 aliphatic carbocycles. The molecule has 26 heavy (non-hydrogen) atoms. The number of phenols is 1. The normalized spacial score (nSPS) is 10.5. The van der Waals surface area contributed by atoms with E-state index in [9.17, 15) is 14.7 Å². The van der Waals surface area contributed by atoms with Gasteiger partial charge in [0.1, 0.15) is 5.75 Å². The maximum absolute atomic E-state index is 11.9. The van der Waals surface area contributed by atoms with E-state index in [1.165, 1.54) is 6.07 Å². The molecule has 1 aromatic rings. The molecule has 0 bridgehead atoms. The van der Waals surface area contributed by atoms with Crippen molar-refractivity contribution in [3.63, 3.8) is 0 Å². The fourth-order valence-corrected chi connectivity index (χ4v) is 2.55. The first kappa shape index (κ1) is 22.0. The van der Waals surface area contributed by atoms with Crippen molar-refractivity contribution in [3.8, 4) is 5.75 Å². The van der Waals surface area contributed by atoms with E-state index in [1.54, 1.807) is 18.2 Å². The van der Waals surface area contributed by atoms with Crippen molar-refractivity contribution in [2.45, 2.75) is 51.9 Å². The van der Waals surface area contributed by atoms with E-state index in [1.807, 2.05) is 6.92 Å². The van der Waals surface area contributed by atoms with Gasteiger partial charge < -0.3 is 20.5 Å². The number of hydrogen-bond acceptors (Lipinski definition) is 4. The zero-order valence-corrected chi connectivity index (χ0v) is 15.8. The Morgan fingerprint density at radius 1 is 0.962 bits per heavy atom. The molecule has 2 amide bonds. The summed E-state index contributed by atoms with van der Waals surface area (Å²) < 4.78 is 5.14. The molecule has 6 heteroatoms. The van der Waals surface area contributed by atoms with E-state index < -0.39 is 0 Å². The summed E-state index contributed by atoms with van der Waals surface area (Å²) in [5.41, 5.74) is 0.316. The number of carbonyl (C=O) groups is 2. The van der Waals surface area contributed by atoms with Crippen molar-refractivity contribution in [3.05, 3.63) is 29.8 Å². The third-order valence-corrected chi connectivity index (χ3v) is 4.04. The Morgan fingerprint density at radius 2 is 1.58 bits per heavy atom. The molecule has 0 saturated carbocycles. The summed E-state index contributed by atoms with van der Waals surface area (Å²) in [6.45, 7) is 4.39. The molecule has 0 aliphatic heterocycles. The van der Waals surface area contributed by atoms with E-state index in [4.69, 9.17) is 4.74 Å². The van der Waals surface area contributed by atoms with Crippen LogP contribution >= 0.6 is 0 Å². The van der Waals surface area contributed by atoms with Crippen LogP contribution in [-0.4, -0.2) is 43.2 Å². The molecule has 1 rings (SSSR count). The molecular weight excluding hydrogens is 332 g/mol. The van der Waals surface area contributed by atoms with Gasteiger partial charge in [0, 0.05) is 26.1 Å². The number of ether oxygens (including phenoxy) is 1. The lowest BCUT2D eigenvalue weighted by Crippen LogP contribution is -2.25. The highest BCUT2D eigenvalue weighted by molar-refractivity contribution is 5.96. The number of nitrogens with one attached hydrogen (secondary N) is 2. The quantitative estimate of drug-likeness (QED) is 0.443. The number of unbranched alkanes of at least 4 members (excludes halogenated alkanes) is 5. The molecule has 0 aromatic heterocycles. The van der Waals surface area contributed by atoms with Crippen LogP contribution in [0.3, 0.4) is 0 Å². The minimum absolute atomic E-state index is 0.00924. The summed E-state index contributed by atoms with van der Waals surface area (Å²) in [7, 11) is 0. The van der Waals surface area contributed by atoms with Crippen LogP contribution in [0.15, 0.2) is 24.3 Å². The van der Waals surface area contributed by atoms with Gasteiger partial charge in [-0.05, 0) is 31.9 Å². The first-order valence-corrected chi connectivity index (χ1v) is 9.55. The van der Waals surface area contributed by atoms with Crippen LogP contribution in [-0.2, 0) is 9.53 Å². The summed E-state index contributed by atoms with van der Waals surface area (Å²) in [6.07, 6.45) is 6.74. The van der Waals surface area contributed by atoms with Gasteiger partial charge >= 0.3 is 0 Å². The number of aromatic hydroxyl groups is 1. The second-order valence-corrected chi connectivity index (χ2v) is 6.19. The summed E-state index contributed by atoms with van der Waals surface area (Å²) in [5.74, 6) is -0.170. The predicted octanol–water partition coefficient (Wildman–Crippen LogP) is 3.01. The van der Waals surface area contributed by atoms with Crippen molar-refractivity contribution < 1.29 is 19.4 Å². The lowest BCUT2D eigenvalue weighted by atomic mass is 10.1. The van der Waals surface area contributed by atoms with Gasteiger partial charge in [0.2, 0.25) is 5.91 Å². The largest absolute Gasteiger partial charge is 0.507 e. The van der Waals surface area contributed by atoms with Gasteiger partial charge in [0.15, 0.2) is 0 Å². The second kappa shape index (κ2) is 14.1. The molecule has 0 spiro atoms. The fraction of sp³-hybridized carbons (Fsp3) is 0.600. The maximum atomic E-state index is 11.9. The fourth-order valence-electron chi connectivity index (χ4n) is 2.55. The molecular formula is C20H32N2O4. The van der Waals surface area contributed by atoms with Gasteiger partial charge in [-0.15, -0.1) is 0 Å². The van der Waals surface area contributed by atoms with E-state index in [0.717, 1.165) is 45.1 Å². The Kier molecular flexibility index (Phi) is 11.9. The Hall–Kier alpha value is -2.08. The van der Waals surface area contributed by atoms with Crippen molar-refractivity contribution in [1.82, 2.24) is 10.6 Å². The average Bonchev–Trinajstić information content (AvgIpc) is 2.63. The molecule has 6 nitrogen and oxygen atoms in total. The maximum Gasteiger partial charge on any atom is 0.255 e. The molecule has 0 atom stereocenters. The Morgan fingerprint density at radius 3 is 2.23 bits per heavy atom. The van der Waals surface area contributed by atoms with Crippen LogP contribution < -0.4 is 10.6 Å². The first-order valence-electron chi connectivity index (χ1n) is 9.55. The summed E-state index contributed by atoms with van der Waals surface area (Å²) in [4.78, 5) is 23.4. The summed E-state index contributed by atoms with van der Waals surface area (Å²) in [5, 5.41) is 15.3. The van der Waals surface area contributed by atoms with Gasteiger partial charge in [0.25, 0.3) is 5.91 Å². The Bertz CT molecular complexity index is 534. The van der Waals surface area contributed by atoms with Gasteiger partial charge in [-0.25, -0.2) is 0 Å². The van der Waals surface area contributed by atoms with Crippen LogP contribution in [0.25, 0.3) is 0 Å². The standard InChI is InChI=1S/C20H32N2O4/c1-2-26-16-13-19(24)21-14-9-5-3-4-6-10-15-22-20(25)17-11-7-8-12-18(17)23/h7-8,11-12,23H,2-6,9-10,13-16H2,1H3,(H,21,24)(H,22,25). The van der Waals surface area contributed by atoms with Crippen molar-refractivity contribution in [2.24, 2.45) is 0 Å². The predicted molar refractivity (Wildman–Crippen MR) is 102 cm³/mol. The number of benzene rings is 1. The smallest absolute Gasteiger partial charge is 0.255 e. The molecule has 146 valence electrons. The zero-order chi connectivity index (χ0) is 19.0. The molecule has 0 saturated heterocycles. The third-order valence-electron chi connectivity index (χ3n) is 4.04. The van der Waals surface area contributed by atoms with Crippen molar-refractivity contribution in [1.29, 1.82) is 0 Å². The van der Waals surface area contributed by atoms with E-state index in [-0.39, 0.29) is 17.6 Å². The molecule has 0 fully saturated rings. The number of hydrogen-bond donors (Lipinski definition) is 3. The second-order valence-electron chi connectivity index (χ2n) is 6.19. The number of phenolic OH excluding ortho intramolecular Hbond substituents is 1. The molecule has 3 N–H and O–H groups in total. The SMILES string of the molecule is CCOCCC(=O)NCCCCCCCCNC(=O)c1ccccc1O. The highest BCUT2D eigenvalue weighted by Gasteiger charge is 2.08. The van der Waals surface area contributed by atoms with Crippen LogP contribution in [0.4, 0.5) is 0 Å². The Labute approximate surface area is 156 Å². The van der Waals surface area contributed by atoms with Crippen molar-refractivity contribution in [2.75, 3.05) is 26.3 Å². The lowest BCUT2D eigenvalue weighted by Gasteiger charge is -2.07. The summed E-state index contributed by atoms with van der Waals surface area (Å²) >= 11 is 0. The molecule has 0 radical (unpaired) electrons. The number of para-hydroxylation sites is 1. The van der Waals surface area contributed by atoms with Crippen LogP contribution in [0.2, 0.25) is 0 Å². The van der Waals surface area contributed by atoms with Crippen molar-refractivity contribution >= 4 is 11.8 Å². The topological polar surface area (TPSA) is 87.7 Å². The Balaban J connectivity index is 1.91. The van der Waals surface area contributed by atoms with Gasteiger partial charge in [-0.2, -0.15) is 0 Å². The van der Waals surface area contributed by atoms with E-state index in [2.05, 4.69) is 10.6 Å². The average molecular weight is 364 g/mol. The van der Waals surface area contributed by atoms with E-state index in [0.29, 0.717) is 31.7 Å². The number of carbonyl (C=O) groups excluding carboxylic acids is 2. The van der Waals surface area contributed by atoms with Crippen LogP contribution in [0.5, 0.6) is 5.75 Å². The third kappa shape index (κ3) is 10.0. The lowest BCUT2D eigenvalue weighted by molar-refractivity contribution is -0.122. The molecule has 0 heterocycles. The van der Waals surface area contributed by atoms with E-state index >= 15 is 0 Å². The van der Waals surface area contributed by atoms with Crippen LogP contribution in [0, 0.1) is 0 Å². The number of amides is 2. The van der Waals surface area contributed by atoms with Gasteiger partial charge in [0.05, 0.1) is 12.2 Å². The number of rotatable bonds is 14. The minimum atomic E-state index is -0.233. The van der Waals surface area contributed by atoms with Gasteiger partial charge in [-0.3, -0.25) is 9.59 Å². The molecule has 0 unspecified atom stereocenters. The highest BCUT2D eigenvalue weighted by Crippen LogP contribution is 2.15.